The molecular formula is C13H20ClFN2O2. The van der Waals surface area contributed by atoms with Gasteiger partial charge in [0.05, 0.1) is 18.8 Å². The number of rotatable bonds is 6. The van der Waals surface area contributed by atoms with Crippen LogP contribution in [0.2, 0.25) is 0 Å². The van der Waals surface area contributed by atoms with Crippen LogP contribution in [0.25, 0.3) is 0 Å². The predicted octanol–water partition coefficient (Wildman–Crippen LogP) is -1.70. The SMILES string of the molecule is CC[NH+](CC)CCOC(=O)Nc1ccccc1F.[Cl-]. The molecule has 108 valence electrons. The maximum atomic E-state index is 13.2. The molecule has 1 rings (SSSR count). The normalized spacial score (nSPS) is 9.89. The van der Waals surface area contributed by atoms with Crippen LogP contribution < -0.4 is 22.6 Å². The minimum absolute atomic E-state index is 0. The van der Waals surface area contributed by atoms with Crippen molar-refractivity contribution >= 4 is 11.8 Å². The molecule has 0 aliphatic carbocycles. The molecule has 1 amide bonds. The molecule has 2 N–H and O–H groups in total. The van der Waals surface area contributed by atoms with Crippen LogP contribution in [0.15, 0.2) is 24.3 Å². The second-order valence-electron chi connectivity index (χ2n) is 3.95. The van der Waals surface area contributed by atoms with E-state index in [1.165, 1.54) is 17.0 Å². The molecule has 0 heterocycles. The van der Waals surface area contributed by atoms with Gasteiger partial charge in [0.2, 0.25) is 0 Å². The fourth-order valence-corrected chi connectivity index (χ4v) is 1.60. The Morgan fingerprint density at radius 1 is 1.32 bits per heavy atom. The van der Waals surface area contributed by atoms with Gasteiger partial charge < -0.3 is 22.0 Å². The van der Waals surface area contributed by atoms with Crippen LogP contribution in [0.1, 0.15) is 13.8 Å². The van der Waals surface area contributed by atoms with Gasteiger partial charge in [-0.15, -0.1) is 0 Å². The number of hydrogen-bond donors (Lipinski definition) is 2. The van der Waals surface area contributed by atoms with Gasteiger partial charge in [0, 0.05) is 0 Å². The number of anilines is 1. The van der Waals surface area contributed by atoms with Gasteiger partial charge in [-0.25, -0.2) is 9.18 Å². The lowest BCUT2D eigenvalue weighted by molar-refractivity contribution is -0.896. The highest BCUT2D eigenvalue weighted by Crippen LogP contribution is 2.12. The third kappa shape index (κ3) is 6.40. The maximum Gasteiger partial charge on any atom is 0.411 e. The van der Waals surface area contributed by atoms with E-state index in [9.17, 15) is 9.18 Å². The monoisotopic (exact) mass is 290 g/mol. The molecular weight excluding hydrogens is 271 g/mol. The molecule has 19 heavy (non-hydrogen) atoms. The molecule has 6 heteroatoms. The number of benzene rings is 1. The van der Waals surface area contributed by atoms with Gasteiger partial charge in [-0.05, 0) is 26.0 Å². The van der Waals surface area contributed by atoms with E-state index in [2.05, 4.69) is 19.2 Å². The summed E-state index contributed by atoms with van der Waals surface area (Å²) in [5, 5.41) is 2.37. The zero-order valence-corrected chi connectivity index (χ0v) is 12.0. The van der Waals surface area contributed by atoms with Crippen molar-refractivity contribution < 1.29 is 31.2 Å². The molecule has 1 aromatic carbocycles. The molecule has 0 atom stereocenters. The molecule has 0 aromatic heterocycles. The fraction of sp³-hybridized carbons (Fsp3) is 0.462. The molecule has 0 bridgehead atoms. The Morgan fingerprint density at radius 2 is 1.95 bits per heavy atom. The molecule has 4 nitrogen and oxygen atoms in total. The second kappa shape index (κ2) is 9.58. The lowest BCUT2D eigenvalue weighted by Crippen LogP contribution is -3.11. The van der Waals surface area contributed by atoms with Crippen molar-refractivity contribution in [1.82, 2.24) is 0 Å². The Balaban J connectivity index is 0.00000324. The molecule has 0 spiro atoms. The van der Waals surface area contributed by atoms with Crippen molar-refractivity contribution in [2.45, 2.75) is 13.8 Å². The van der Waals surface area contributed by atoms with Crippen molar-refractivity contribution in [3.8, 4) is 0 Å². The first-order chi connectivity index (χ1) is 8.67. The molecule has 1 aromatic rings. The summed E-state index contributed by atoms with van der Waals surface area (Å²) in [6, 6.07) is 6.00. The first kappa shape index (κ1) is 17.7. The number of para-hydroxylation sites is 1. The first-order valence-corrected chi connectivity index (χ1v) is 6.19. The second-order valence-corrected chi connectivity index (χ2v) is 3.95. The number of likely N-dealkylation sites (N-methyl/N-ethyl adjacent to an activating group) is 1. The van der Waals surface area contributed by atoms with Gasteiger partial charge >= 0.3 is 6.09 Å². The largest absolute Gasteiger partial charge is 1.00 e. The van der Waals surface area contributed by atoms with Gasteiger partial charge in [-0.2, -0.15) is 0 Å². The number of ether oxygens (including phenoxy) is 1. The van der Waals surface area contributed by atoms with Crippen LogP contribution in [0.5, 0.6) is 0 Å². The summed E-state index contributed by atoms with van der Waals surface area (Å²) in [5.41, 5.74) is 0.137. The smallest absolute Gasteiger partial charge is 0.411 e. The van der Waals surface area contributed by atoms with Crippen molar-refractivity contribution in [2.24, 2.45) is 0 Å². The highest BCUT2D eigenvalue weighted by atomic mass is 35.5. The third-order valence-corrected chi connectivity index (χ3v) is 2.80. The Bertz CT molecular complexity index is 387. The quantitative estimate of drug-likeness (QED) is 0.656. The van der Waals surface area contributed by atoms with Gasteiger partial charge in [-0.3, -0.25) is 5.32 Å². The Morgan fingerprint density at radius 3 is 2.53 bits per heavy atom. The zero-order valence-electron chi connectivity index (χ0n) is 11.2. The van der Waals surface area contributed by atoms with E-state index >= 15 is 0 Å². The van der Waals surface area contributed by atoms with Crippen molar-refractivity contribution in [2.75, 3.05) is 31.6 Å². The molecule has 0 radical (unpaired) electrons. The Kier molecular flexibility index (Phi) is 8.91. The highest BCUT2D eigenvalue weighted by Gasteiger charge is 2.08. The average Bonchev–Trinajstić information content (AvgIpc) is 2.37. The number of amides is 1. The number of carbonyl (C=O) groups excluding carboxylic acids is 1. The van der Waals surface area contributed by atoms with Crippen LogP contribution in [0.4, 0.5) is 14.9 Å². The molecule has 0 unspecified atom stereocenters. The first-order valence-electron chi connectivity index (χ1n) is 6.19. The van der Waals surface area contributed by atoms with Gasteiger partial charge in [0.1, 0.15) is 19.0 Å². The topological polar surface area (TPSA) is 42.8 Å². The van der Waals surface area contributed by atoms with Crippen LogP contribution in [0.3, 0.4) is 0 Å². The lowest BCUT2D eigenvalue weighted by atomic mass is 10.3. The number of halogens is 2. The van der Waals surface area contributed by atoms with Crippen LogP contribution in [0, 0.1) is 5.82 Å². The van der Waals surface area contributed by atoms with E-state index < -0.39 is 11.9 Å². The van der Waals surface area contributed by atoms with Crippen molar-refractivity contribution in [1.29, 1.82) is 0 Å². The number of hydrogen-bond acceptors (Lipinski definition) is 2. The third-order valence-electron chi connectivity index (χ3n) is 2.80. The van der Waals surface area contributed by atoms with Crippen molar-refractivity contribution in [3.63, 3.8) is 0 Å². The van der Waals surface area contributed by atoms with Crippen LogP contribution in [-0.2, 0) is 4.74 Å². The maximum absolute atomic E-state index is 13.2. The predicted molar refractivity (Wildman–Crippen MR) is 68.3 cm³/mol. The summed E-state index contributed by atoms with van der Waals surface area (Å²) in [7, 11) is 0. The summed E-state index contributed by atoms with van der Waals surface area (Å²) in [6.07, 6.45) is -0.619. The molecule has 0 aliphatic heterocycles. The van der Waals surface area contributed by atoms with E-state index in [1.807, 2.05) is 0 Å². The molecule has 0 aliphatic rings. The lowest BCUT2D eigenvalue weighted by Gasteiger charge is -2.15. The summed E-state index contributed by atoms with van der Waals surface area (Å²) >= 11 is 0. The molecule has 0 saturated heterocycles. The highest BCUT2D eigenvalue weighted by molar-refractivity contribution is 5.84. The van der Waals surface area contributed by atoms with Gasteiger partial charge in [-0.1, -0.05) is 12.1 Å². The Labute approximate surface area is 119 Å². The zero-order chi connectivity index (χ0) is 13.4. The summed E-state index contributed by atoms with van der Waals surface area (Å²) in [4.78, 5) is 12.8. The minimum atomic E-state index is -0.619. The molecule has 0 saturated carbocycles. The minimum Gasteiger partial charge on any atom is -1.00 e. The summed E-state index contributed by atoms with van der Waals surface area (Å²) in [6.45, 7) is 7.25. The van der Waals surface area contributed by atoms with Crippen LogP contribution in [-0.4, -0.2) is 32.3 Å². The van der Waals surface area contributed by atoms with Crippen molar-refractivity contribution in [3.05, 3.63) is 30.1 Å². The van der Waals surface area contributed by atoms with E-state index in [-0.39, 0.29) is 18.1 Å². The van der Waals surface area contributed by atoms with E-state index in [0.717, 1.165) is 19.6 Å². The average molecular weight is 291 g/mol. The summed E-state index contributed by atoms with van der Waals surface area (Å²) in [5.74, 6) is -0.469. The molecule has 0 fully saturated rings. The Hall–Kier alpha value is -1.33. The fourth-order valence-electron chi connectivity index (χ4n) is 1.60. The standard InChI is InChI=1S/C13H19FN2O2.ClH/c1-3-16(4-2)9-10-18-13(17)15-12-8-6-5-7-11(12)14;/h5-8H,3-4,9-10H2,1-2H3,(H,15,17);1H. The number of quaternary nitrogens is 1. The van der Waals surface area contributed by atoms with E-state index in [4.69, 9.17) is 4.74 Å². The number of carbonyl (C=O) groups is 1. The number of nitrogens with one attached hydrogen (secondary N) is 2. The summed E-state index contributed by atoms with van der Waals surface area (Å²) < 4.78 is 18.2. The van der Waals surface area contributed by atoms with E-state index in [0.29, 0.717) is 6.61 Å². The van der Waals surface area contributed by atoms with E-state index in [1.54, 1.807) is 12.1 Å². The van der Waals surface area contributed by atoms with Gasteiger partial charge in [0.25, 0.3) is 0 Å². The van der Waals surface area contributed by atoms with Gasteiger partial charge in [0.15, 0.2) is 0 Å². The van der Waals surface area contributed by atoms with Crippen LogP contribution >= 0.6 is 0 Å².